The Balaban J connectivity index is 1.83. The predicted octanol–water partition coefficient (Wildman–Crippen LogP) is 2.95. The largest absolute Gasteiger partial charge is 0.376 e. The first kappa shape index (κ1) is 14.8. The molecule has 0 radical (unpaired) electrons. The van der Waals surface area contributed by atoms with Gasteiger partial charge in [0, 0.05) is 23.4 Å². The number of benzene rings is 1. The number of nitrogens with zero attached hydrogens (tertiary/aromatic N) is 3. The first-order valence-electron chi connectivity index (χ1n) is 8.45. The number of hydrogen-bond donors (Lipinski definition) is 0. The monoisotopic (exact) mass is 309 g/mol. The molecule has 2 aromatic rings. The van der Waals surface area contributed by atoms with Crippen molar-refractivity contribution in [1.82, 2.24) is 14.9 Å². The molecule has 1 aromatic heterocycles. The van der Waals surface area contributed by atoms with Crippen LogP contribution in [0, 0.1) is 6.92 Å². The molecule has 1 atom stereocenters. The summed E-state index contributed by atoms with van der Waals surface area (Å²) in [7, 11) is 0. The topological polar surface area (TPSA) is 38.2 Å². The predicted molar refractivity (Wildman–Crippen MR) is 90.3 cm³/mol. The first-order valence-corrected chi connectivity index (χ1v) is 8.45. The highest BCUT2D eigenvalue weighted by atomic mass is 16.5. The van der Waals surface area contributed by atoms with Gasteiger partial charge in [-0.15, -0.1) is 0 Å². The standard InChI is InChI=1S/C19H23N3O/c1-3-22-10-9-19(12-22)13-23-11-16-14(2)20-18(21-17(16)19)15-7-5-4-6-8-15/h4-8H,3,9-13H2,1-2H3/t19-/m0/s1. The normalized spacial score (nSPS) is 24.1. The Bertz CT molecular complexity index is 716. The van der Waals surface area contributed by atoms with E-state index in [1.807, 2.05) is 18.2 Å². The maximum atomic E-state index is 5.95. The molecule has 0 unspecified atom stereocenters. The van der Waals surface area contributed by atoms with Gasteiger partial charge in [-0.3, -0.25) is 0 Å². The molecule has 0 saturated carbocycles. The fourth-order valence-electron chi connectivity index (χ4n) is 3.88. The summed E-state index contributed by atoms with van der Waals surface area (Å²) in [6.07, 6.45) is 1.12. The van der Waals surface area contributed by atoms with Crippen molar-refractivity contribution in [2.24, 2.45) is 0 Å². The van der Waals surface area contributed by atoms with E-state index in [4.69, 9.17) is 14.7 Å². The van der Waals surface area contributed by atoms with E-state index in [0.29, 0.717) is 6.61 Å². The zero-order valence-corrected chi connectivity index (χ0v) is 13.9. The van der Waals surface area contributed by atoms with E-state index in [-0.39, 0.29) is 5.41 Å². The molecule has 23 heavy (non-hydrogen) atoms. The Morgan fingerprint density at radius 3 is 2.78 bits per heavy atom. The van der Waals surface area contributed by atoms with Gasteiger partial charge in [0.05, 0.1) is 24.3 Å². The number of ether oxygens (including phenoxy) is 1. The number of aryl methyl sites for hydroxylation is 1. The molecule has 0 N–H and O–H groups in total. The van der Waals surface area contributed by atoms with E-state index < -0.39 is 0 Å². The van der Waals surface area contributed by atoms with Crippen LogP contribution >= 0.6 is 0 Å². The van der Waals surface area contributed by atoms with Gasteiger partial charge in [0.2, 0.25) is 0 Å². The molecule has 1 fully saturated rings. The third-order valence-corrected chi connectivity index (χ3v) is 5.25. The Morgan fingerprint density at radius 1 is 1.22 bits per heavy atom. The molecule has 2 aliphatic heterocycles. The van der Waals surface area contributed by atoms with Gasteiger partial charge in [-0.25, -0.2) is 9.97 Å². The van der Waals surface area contributed by atoms with E-state index in [0.717, 1.165) is 49.7 Å². The molecule has 4 rings (SSSR count). The second-order valence-electron chi connectivity index (χ2n) is 6.72. The third kappa shape index (κ3) is 2.46. The van der Waals surface area contributed by atoms with E-state index in [2.05, 4.69) is 30.9 Å². The SMILES string of the molecule is CCN1CC[C@@]2(COCc3c(C)nc(-c4ccccc4)nc32)C1. The summed E-state index contributed by atoms with van der Waals surface area (Å²) in [5.41, 5.74) is 4.62. The minimum absolute atomic E-state index is 0.0425. The molecule has 1 spiro atoms. The van der Waals surface area contributed by atoms with Crippen molar-refractivity contribution in [3.8, 4) is 11.4 Å². The van der Waals surface area contributed by atoms with Gasteiger partial charge in [-0.05, 0) is 26.4 Å². The maximum absolute atomic E-state index is 5.95. The van der Waals surface area contributed by atoms with Gasteiger partial charge < -0.3 is 9.64 Å². The van der Waals surface area contributed by atoms with Gasteiger partial charge in [-0.1, -0.05) is 37.3 Å². The van der Waals surface area contributed by atoms with Crippen molar-refractivity contribution in [1.29, 1.82) is 0 Å². The van der Waals surface area contributed by atoms with Crippen LogP contribution in [0.25, 0.3) is 11.4 Å². The molecule has 4 nitrogen and oxygen atoms in total. The molecular weight excluding hydrogens is 286 g/mol. The van der Waals surface area contributed by atoms with Gasteiger partial charge in [0.15, 0.2) is 5.82 Å². The van der Waals surface area contributed by atoms with Crippen molar-refractivity contribution in [3.05, 3.63) is 47.3 Å². The Morgan fingerprint density at radius 2 is 2.04 bits per heavy atom. The minimum Gasteiger partial charge on any atom is -0.376 e. The summed E-state index contributed by atoms with van der Waals surface area (Å²) in [6.45, 7) is 8.99. The smallest absolute Gasteiger partial charge is 0.159 e. The first-order chi connectivity index (χ1) is 11.2. The number of rotatable bonds is 2. The van der Waals surface area contributed by atoms with Crippen molar-refractivity contribution < 1.29 is 4.74 Å². The Hall–Kier alpha value is -1.78. The highest BCUT2D eigenvalue weighted by Gasteiger charge is 2.45. The molecule has 4 heteroatoms. The quantitative estimate of drug-likeness (QED) is 0.855. The van der Waals surface area contributed by atoms with Crippen molar-refractivity contribution >= 4 is 0 Å². The number of aromatic nitrogens is 2. The van der Waals surface area contributed by atoms with Crippen molar-refractivity contribution in [2.45, 2.75) is 32.3 Å². The summed E-state index contributed by atoms with van der Waals surface area (Å²) in [5.74, 6) is 0.845. The van der Waals surface area contributed by atoms with Gasteiger partial charge in [0.1, 0.15) is 0 Å². The number of likely N-dealkylation sites (tertiary alicyclic amines) is 1. The molecule has 3 heterocycles. The average Bonchev–Trinajstić information content (AvgIpc) is 3.00. The zero-order valence-electron chi connectivity index (χ0n) is 13.9. The van der Waals surface area contributed by atoms with Crippen LogP contribution in [0.2, 0.25) is 0 Å². The lowest BCUT2D eigenvalue weighted by atomic mass is 9.80. The summed E-state index contributed by atoms with van der Waals surface area (Å²) < 4.78 is 5.95. The molecule has 120 valence electrons. The Kier molecular flexibility index (Phi) is 3.66. The molecule has 1 aromatic carbocycles. The van der Waals surface area contributed by atoms with Gasteiger partial charge in [0.25, 0.3) is 0 Å². The molecule has 1 saturated heterocycles. The van der Waals surface area contributed by atoms with Gasteiger partial charge in [-0.2, -0.15) is 0 Å². The lowest BCUT2D eigenvalue weighted by molar-refractivity contribution is 0.0504. The van der Waals surface area contributed by atoms with E-state index in [9.17, 15) is 0 Å². The van der Waals surface area contributed by atoms with Gasteiger partial charge >= 0.3 is 0 Å². The lowest BCUT2D eigenvalue weighted by Gasteiger charge is -2.35. The lowest BCUT2D eigenvalue weighted by Crippen LogP contribution is -2.41. The van der Waals surface area contributed by atoms with E-state index in [1.54, 1.807) is 0 Å². The van der Waals surface area contributed by atoms with Crippen molar-refractivity contribution in [2.75, 3.05) is 26.2 Å². The fraction of sp³-hybridized carbons (Fsp3) is 0.474. The van der Waals surface area contributed by atoms with E-state index in [1.165, 1.54) is 11.3 Å². The molecule has 0 bridgehead atoms. The number of fused-ring (bicyclic) bond motifs is 2. The van der Waals surface area contributed by atoms with Crippen LogP contribution < -0.4 is 0 Å². The molecule has 0 aliphatic carbocycles. The summed E-state index contributed by atoms with van der Waals surface area (Å²) >= 11 is 0. The summed E-state index contributed by atoms with van der Waals surface area (Å²) in [4.78, 5) is 12.3. The summed E-state index contributed by atoms with van der Waals surface area (Å²) in [6, 6.07) is 10.3. The number of likely N-dealkylation sites (N-methyl/N-ethyl adjacent to an activating group) is 1. The highest BCUT2D eigenvalue weighted by Crippen LogP contribution is 2.40. The van der Waals surface area contributed by atoms with Crippen LogP contribution in [-0.4, -0.2) is 41.1 Å². The number of hydrogen-bond acceptors (Lipinski definition) is 4. The summed E-state index contributed by atoms with van der Waals surface area (Å²) in [5, 5.41) is 0. The fourth-order valence-corrected chi connectivity index (χ4v) is 3.88. The second-order valence-corrected chi connectivity index (χ2v) is 6.72. The molecule has 2 aliphatic rings. The average molecular weight is 309 g/mol. The Labute approximate surface area is 137 Å². The van der Waals surface area contributed by atoms with Crippen LogP contribution in [0.4, 0.5) is 0 Å². The second kappa shape index (κ2) is 5.69. The van der Waals surface area contributed by atoms with Crippen LogP contribution in [0.15, 0.2) is 30.3 Å². The van der Waals surface area contributed by atoms with Crippen molar-refractivity contribution in [3.63, 3.8) is 0 Å². The highest BCUT2D eigenvalue weighted by molar-refractivity contribution is 5.56. The molecular formula is C19H23N3O. The zero-order chi connectivity index (χ0) is 15.9. The van der Waals surface area contributed by atoms with E-state index >= 15 is 0 Å². The van der Waals surface area contributed by atoms with Crippen LogP contribution in [0.5, 0.6) is 0 Å². The maximum Gasteiger partial charge on any atom is 0.159 e. The van der Waals surface area contributed by atoms with Crippen LogP contribution in [0.1, 0.15) is 30.3 Å². The van der Waals surface area contributed by atoms with Crippen LogP contribution in [-0.2, 0) is 16.8 Å². The minimum atomic E-state index is 0.0425. The molecule has 0 amide bonds. The van der Waals surface area contributed by atoms with Crippen LogP contribution in [0.3, 0.4) is 0 Å². The third-order valence-electron chi connectivity index (χ3n) is 5.25.